The van der Waals surface area contributed by atoms with E-state index < -0.39 is 0 Å². The third kappa shape index (κ3) is 3.58. The van der Waals surface area contributed by atoms with Crippen molar-refractivity contribution < 1.29 is 4.74 Å². The maximum absolute atomic E-state index is 5.73. The van der Waals surface area contributed by atoms with Gasteiger partial charge < -0.3 is 4.74 Å². The van der Waals surface area contributed by atoms with Gasteiger partial charge in [0.2, 0.25) is 0 Å². The highest BCUT2D eigenvalue weighted by molar-refractivity contribution is 5.19. The molecular weight excluding hydrogens is 196 g/mol. The second-order valence-corrected chi connectivity index (χ2v) is 4.19. The van der Waals surface area contributed by atoms with Gasteiger partial charge >= 0.3 is 0 Å². The lowest BCUT2D eigenvalue weighted by molar-refractivity contribution is 0.206. The second-order valence-electron chi connectivity index (χ2n) is 4.19. The quantitative estimate of drug-likeness (QED) is 0.527. The minimum atomic E-state index is 0.399. The van der Waals surface area contributed by atoms with Crippen molar-refractivity contribution in [1.29, 1.82) is 0 Å². The number of hydrogen-bond acceptors (Lipinski definition) is 1. The third-order valence-electron chi connectivity index (χ3n) is 2.54. The van der Waals surface area contributed by atoms with E-state index in [1.807, 2.05) is 19.9 Å². The summed E-state index contributed by atoms with van der Waals surface area (Å²) in [4.78, 5) is 0. The lowest BCUT2D eigenvalue weighted by Crippen LogP contribution is -2.04. The molecule has 0 heterocycles. The smallest absolute Gasteiger partial charge is 0.117 e. The molecule has 1 heteroatoms. The van der Waals surface area contributed by atoms with Gasteiger partial charge in [-0.25, -0.2) is 0 Å². The highest BCUT2D eigenvalue weighted by Gasteiger charge is 2.06. The van der Waals surface area contributed by atoms with Crippen LogP contribution in [-0.2, 0) is 4.74 Å². The van der Waals surface area contributed by atoms with Crippen LogP contribution in [0.1, 0.15) is 32.3 Å². The van der Waals surface area contributed by atoms with Crippen LogP contribution in [0.2, 0.25) is 0 Å². The first-order chi connectivity index (χ1) is 7.65. The maximum Gasteiger partial charge on any atom is 0.117 e. The minimum absolute atomic E-state index is 0.399. The SMILES string of the molecule is C=CC(OCC(C)c1ccccc1)=C(C)C. The van der Waals surface area contributed by atoms with Crippen LogP contribution in [0.4, 0.5) is 0 Å². The predicted molar refractivity (Wildman–Crippen MR) is 69.4 cm³/mol. The van der Waals surface area contributed by atoms with Crippen molar-refractivity contribution in [3.63, 3.8) is 0 Å². The van der Waals surface area contributed by atoms with Crippen molar-refractivity contribution in [1.82, 2.24) is 0 Å². The lowest BCUT2D eigenvalue weighted by atomic mass is 10.0. The van der Waals surface area contributed by atoms with Crippen molar-refractivity contribution >= 4 is 0 Å². The Balaban J connectivity index is 2.57. The Morgan fingerprint density at radius 3 is 2.44 bits per heavy atom. The first-order valence-electron chi connectivity index (χ1n) is 5.62. The largest absolute Gasteiger partial charge is 0.493 e. The Morgan fingerprint density at radius 2 is 1.94 bits per heavy atom. The van der Waals surface area contributed by atoms with Gasteiger partial charge in [0.1, 0.15) is 5.76 Å². The molecule has 0 saturated carbocycles. The summed E-state index contributed by atoms with van der Waals surface area (Å²) < 4.78 is 5.73. The van der Waals surface area contributed by atoms with E-state index in [0.29, 0.717) is 12.5 Å². The third-order valence-corrected chi connectivity index (χ3v) is 2.54. The zero-order valence-corrected chi connectivity index (χ0v) is 10.4. The van der Waals surface area contributed by atoms with E-state index in [2.05, 4.69) is 37.8 Å². The molecule has 1 aromatic carbocycles. The van der Waals surface area contributed by atoms with E-state index in [9.17, 15) is 0 Å². The fourth-order valence-corrected chi connectivity index (χ4v) is 1.50. The number of allylic oxidation sites excluding steroid dienone is 2. The van der Waals surface area contributed by atoms with Gasteiger partial charge in [-0.3, -0.25) is 0 Å². The summed E-state index contributed by atoms with van der Waals surface area (Å²) in [6.45, 7) is 10.7. The average molecular weight is 216 g/mol. The Labute approximate surface area is 98.5 Å². The first-order valence-corrected chi connectivity index (χ1v) is 5.62. The molecule has 0 spiro atoms. The van der Waals surface area contributed by atoms with Gasteiger partial charge in [0, 0.05) is 5.92 Å². The van der Waals surface area contributed by atoms with Gasteiger partial charge in [0.05, 0.1) is 6.61 Å². The molecule has 1 nitrogen and oxygen atoms in total. The van der Waals surface area contributed by atoms with Crippen molar-refractivity contribution in [3.05, 3.63) is 59.9 Å². The van der Waals surface area contributed by atoms with Crippen LogP contribution in [0.5, 0.6) is 0 Å². The van der Waals surface area contributed by atoms with E-state index in [-0.39, 0.29) is 0 Å². The van der Waals surface area contributed by atoms with E-state index in [0.717, 1.165) is 11.3 Å². The maximum atomic E-state index is 5.73. The van der Waals surface area contributed by atoms with E-state index in [1.54, 1.807) is 6.08 Å². The number of ether oxygens (including phenoxy) is 1. The molecule has 1 atom stereocenters. The normalized spacial score (nSPS) is 11.7. The fourth-order valence-electron chi connectivity index (χ4n) is 1.50. The number of hydrogen-bond donors (Lipinski definition) is 0. The Morgan fingerprint density at radius 1 is 1.31 bits per heavy atom. The molecule has 0 aliphatic rings. The van der Waals surface area contributed by atoms with Crippen LogP contribution in [0.25, 0.3) is 0 Å². The van der Waals surface area contributed by atoms with E-state index in [4.69, 9.17) is 4.74 Å². The molecule has 0 aliphatic carbocycles. The summed E-state index contributed by atoms with van der Waals surface area (Å²) in [5, 5.41) is 0. The van der Waals surface area contributed by atoms with Gasteiger partial charge in [0.15, 0.2) is 0 Å². The van der Waals surface area contributed by atoms with Crippen LogP contribution >= 0.6 is 0 Å². The standard InChI is InChI=1S/C15H20O/c1-5-15(12(2)3)16-11-13(4)14-9-7-6-8-10-14/h5-10,13H,1,11H2,2-4H3. The van der Waals surface area contributed by atoms with Crippen molar-refractivity contribution in [3.8, 4) is 0 Å². The average Bonchev–Trinajstić information content (AvgIpc) is 2.30. The van der Waals surface area contributed by atoms with Gasteiger partial charge in [-0.2, -0.15) is 0 Å². The number of benzene rings is 1. The fraction of sp³-hybridized carbons (Fsp3) is 0.333. The van der Waals surface area contributed by atoms with Crippen molar-refractivity contribution in [2.75, 3.05) is 6.61 Å². The van der Waals surface area contributed by atoms with Gasteiger partial charge in [-0.05, 0) is 31.1 Å². The van der Waals surface area contributed by atoms with Gasteiger partial charge in [0.25, 0.3) is 0 Å². The van der Waals surface area contributed by atoms with Crippen LogP contribution < -0.4 is 0 Å². The molecule has 0 fully saturated rings. The highest BCUT2D eigenvalue weighted by atomic mass is 16.5. The molecule has 0 aromatic heterocycles. The van der Waals surface area contributed by atoms with E-state index in [1.165, 1.54) is 5.56 Å². The molecular formula is C15H20O. The van der Waals surface area contributed by atoms with Crippen LogP contribution in [-0.4, -0.2) is 6.61 Å². The van der Waals surface area contributed by atoms with Crippen molar-refractivity contribution in [2.24, 2.45) is 0 Å². The molecule has 86 valence electrons. The summed E-state index contributed by atoms with van der Waals surface area (Å²) in [6.07, 6.45) is 1.77. The molecule has 0 saturated heterocycles. The molecule has 0 amide bonds. The topological polar surface area (TPSA) is 9.23 Å². The summed E-state index contributed by atoms with van der Waals surface area (Å²) in [6, 6.07) is 10.4. The zero-order chi connectivity index (χ0) is 12.0. The summed E-state index contributed by atoms with van der Waals surface area (Å²) in [5.74, 6) is 1.29. The Hall–Kier alpha value is -1.50. The second kappa shape index (κ2) is 6.16. The summed E-state index contributed by atoms with van der Waals surface area (Å²) >= 11 is 0. The molecule has 16 heavy (non-hydrogen) atoms. The first kappa shape index (κ1) is 12.6. The molecule has 0 radical (unpaired) electrons. The highest BCUT2D eigenvalue weighted by Crippen LogP contribution is 2.17. The molecule has 1 unspecified atom stereocenters. The van der Waals surface area contributed by atoms with Crippen LogP contribution in [0, 0.1) is 0 Å². The monoisotopic (exact) mass is 216 g/mol. The summed E-state index contributed by atoms with van der Waals surface area (Å²) in [7, 11) is 0. The number of rotatable bonds is 5. The molecule has 0 N–H and O–H groups in total. The molecule has 1 aromatic rings. The predicted octanol–water partition coefficient (Wildman–Crippen LogP) is 4.29. The van der Waals surface area contributed by atoms with Crippen LogP contribution in [0.3, 0.4) is 0 Å². The lowest BCUT2D eigenvalue weighted by Gasteiger charge is -2.14. The van der Waals surface area contributed by atoms with Gasteiger partial charge in [-0.15, -0.1) is 0 Å². The Kier molecular flexibility index (Phi) is 4.84. The van der Waals surface area contributed by atoms with Crippen LogP contribution in [0.15, 0.2) is 54.3 Å². The van der Waals surface area contributed by atoms with E-state index >= 15 is 0 Å². The van der Waals surface area contributed by atoms with Crippen molar-refractivity contribution in [2.45, 2.75) is 26.7 Å². The molecule has 0 aliphatic heterocycles. The minimum Gasteiger partial charge on any atom is -0.493 e. The zero-order valence-electron chi connectivity index (χ0n) is 10.4. The Bertz CT molecular complexity index is 358. The summed E-state index contributed by atoms with van der Waals surface area (Å²) in [5.41, 5.74) is 2.47. The molecule has 0 bridgehead atoms. The molecule has 1 rings (SSSR count). The van der Waals surface area contributed by atoms with Gasteiger partial charge in [-0.1, -0.05) is 43.8 Å².